The van der Waals surface area contributed by atoms with Crippen molar-refractivity contribution in [3.8, 4) is 33.9 Å². The number of benzene rings is 4. The fourth-order valence-corrected chi connectivity index (χ4v) is 5.69. The fourth-order valence-electron chi connectivity index (χ4n) is 5.69. The first-order valence-electron chi connectivity index (χ1n) is 14.8. The zero-order chi connectivity index (χ0) is 32.5. The first-order chi connectivity index (χ1) is 22.2. The van der Waals surface area contributed by atoms with Gasteiger partial charge in [0.15, 0.2) is 0 Å². The molecule has 0 radical (unpaired) electrons. The lowest BCUT2D eigenvalue weighted by Crippen LogP contribution is -2.29. The molecule has 0 unspecified atom stereocenters. The van der Waals surface area contributed by atoms with E-state index in [1.807, 2.05) is 52.5 Å². The van der Waals surface area contributed by atoms with Gasteiger partial charge in [0.1, 0.15) is 0 Å². The highest BCUT2D eigenvalue weighted by atomic mass is 16.2. The summed E-state index contributed by atoms with van der Waals surface area (Å²) in [6, 6.07) is 36.0. The Kier molecular flexibility index (Phi) is 8.06. The Balaban J connectivity index is 1.62. The van der Waals surface area contributed by atoms with Crippen molar-refractivity contribution in [1.29, 1.82) is 0 Å². The molecule has 0 aliphatic heterocycles. The highest BCUT2D eigenvalue weighted by Crippen LogP contribution is 2.39. The SMILES string of the molecule is CN(C)c1ccc(-n2c(-c3ccc(C(=O)NN)cc3)cc3c2cc(-c2ccc(C(=O)NN)cc2)n3-c2ccc(N(C)C)cc2)cc1. The summed E-state index contributed by atoms with van der Waals surface area (Å²) in [7, 11) is 8.07. The van der Waals surface area contributed by atoms with Crippen LogP contribution in [0, 0.1) is 0 Å². The molecule has 6 aromatic rings. The minimum atomic E-state index is -0.349. The number of hydrogen-bond acceptors (Lipinski definition) is 6. The molecular weight excluding hydrogens is 576 g/mol. The van der Waals surface area contributed by atoms with E-state index in [4.69, 9.17) is 11.7 Å². The van der Waals surface area contributed by atoms with Crippen LogP contribution in [0.4, 0.5) is 11.4 Å². The molecule has 6 N–H and O–H groups in total. The van der Waals surface area contributed by atoms with Gasteiger partial charge in [-0.15, -0.1) is 0 Å². The van der Waals surface area contributed by atoms with Crippen LogP contribution in [0.3, 0.4) is 0 Å². The van der Waals surface area contributed by atoms with Gasteiger partial charge in [0, 0.05) is 62.1 Å². The minimum absolute atomic E-state index is 0.349. The maximum Gasteiger partial charge on any atom is 0.265 e. The highest BCUT2D eigenvalue weighted by Gasteiger charge is 2.21. The number of rotatable bonds is 8. The number of fused-ring (bicyclic) bond motifs is 1. The normalized spacial score (nSPS) is 11.0. The molecule has 10 heteroatoms. The van der Waals surface area contributed by atoms with Gasteiger partial charge in [-0.1, -0.05) is 24.3 Å². The molecule has 0 saturated heterocycles. The van der Waals surface area contributed by atoms with Crippen molar-refractivity contribution in [2.75, 3.05) is 38.0 Å². The minimum Gasteiger partial charge on any atom is -0.378 e. The number of hydrazine groups is 2. The predicted octanol–water partition coefficient (Wildman–Crippen LogP) is 5.09. The number of hydrogen-bond donors (Lipinski definition) is 4. The Morgan fingerprint density at radius 2 is 0.848 bits per heavy atom. The highest BCUT2D eigenvalue weighted by molar-refractivity contribution is 5.97. The second-order valence-electron chi connectivity index (χ2n) is 11.4. The molecule has 10 nitrogen and oxygen atoms in total. The van der Waals surface area contributed by atoms with E-state index in [1.165, 1.54) is 0 Å². The number of anilines is 2. The van der Waals surface area contributed by atoms with Gasteiger partial charge in [-0.3, -0.25) is 20.4 Å². The van der Waals surface area contributed by atoms with Crippen LogP contribution in [0.25, 0.3) is 44.9 Å². The molecule has 6 rings (SSSR count). The number of nitrogen functional groups attached to an aromatic ring is 2. The molecule has 0 spiro atoms. The van der Waals surface area contributed by atoms with Crippen molar-refractivity contribution in [2.24, 2.45) is 11.7 Å². The summed E-state index contributed by atoms with van der Waals surface area (Å²) < 4.78 is 4.47. The third kappa shape index (κ3) is 5.47. The Morgan fingerprint density at radius 1 is 0.522 bits per heavy atom. The van der Waals surface area contributed by atoms with Crippen LogP contribution in [0.5, 0.6) is 0 Å². The van der Waals surface area contributed by atoms with Crippen LogP contribution in [0.1, 0.15) is 20.7 Å². The van der Waals surface area contributed by atoms with E-state index in [0.717, 1.165) is 56.3 Å². The largest absolute Gasteiger partial charge is 0.378 e. The first kappa shape index (κ1) is 30.2. The maximum atomic E-state index is 12.2. The molecule has 2 amide bonds. The van der Waals surface area contributed by atoms with Crippen molar-refractivity contribution in [3.63, 3.8) is 0 Å². The van der Waals surface area contributed by atoms with Gasteiger partial charge in [-0.05, 0) is 96.1 Å². The molecule has 0 aliphatic rings. The van der Waals surface area contributed by atoms with Gasteiger partial charge >= 0.3 is 0 Å². The van der Waals surface area contributed by atoms with Gasteiger partial charge in [0.05, 0.1) is 22.4 Å². The molecule has 0 saturated carbocycles. The number of carbonyl (C=O) groups is 2. The summed E-state index contributed by atoms with van der Waals surface area (Å²) in [4.78, 5) is 28.5. The van der Waals surface area contributed by atoms with E-state index in [0.29, 0.717) is 11.1 Å². The molecule has 232 valence electrons. The monoisotopic (exact) mass is 612 g/mol. The van der Waals surface area contributed by atoms with Gasteiger partial charge < -0.3 is 18.9 Å². The molecule has 2 aromatic heterocycles. The summed E-state index contributed by atoms with van der Waals surface area (Å²) in [5.41, 5.74) is 15.3. The number of aromatic nitrogens is 2. The van der Waals surface area contributed by atoms with E-state index in [1.54, 1.807) is 24.3 Å². The third-order valence-corrected chi connectivity index (χ3v) is 8.17. The van der Waals surface area contributed by atoms with Gasteiger partial charge in [-0.2, -0.15) is 0 Å². The van der Waals surface area contributed by atoms with Crippen molar-refractivity contribution < 1.29 is 9.59 Å². The average molecular weight is 613 g/mol. The molecule has 0 fully saturated rings. The van der Waals surface area contributed by atoms with Crippen LogP contribution < -0.4 is 32.3 Å². The van der Waals surface area contributed by atoms with Gasteiger partial charge in [-0.25, -0.2) is 11.7 Å². The van der Waals surface area contributed by atoms with E-state index >= 15 is 0 Å². The molecule has 2 heterocycles. The number of nitrogens with zero attached hydrogens (tertiary/aromatic N) is 4. The zero-order valence-electron chi connectivity index (χ0n) is 26.2. The second-order valence-corrected chi connectivity index (χ2v) is 11.4. The Bertz CT molecular complexity index is 1870. The Morgan fingerprint density at radius 3 is 1.13 bits per heavy atom. The predicted molar refractivity (Wildman–Crippen MR) is 185 cm³/mol. The van der Waals surface area contributed by atoms with Crippen LogP contribution in [0.15, 0.2) is 109 Å². The first-order valence-corrected chi connectivity index (χ1v) is 14.8. The second kappa shape index (κ2) is 12.3. The van der Waals surface area contributed by atoms with Gasteiger partial charge in [0.25, 0.3) is 11.8 Å². The third-order valence-electron chi connectivity index (χ3n) is 8.17. The van der Waals surface area contributed by atoms with E-state index in [2.05, 4.69) is 90.4 Å². The van der Waals surface area contributed by atoms with Crippen LogP contribution in [-0.2, 0) is 0 Å². The van der Waals surface area contributed by atoms with Crippen molar-refractivity contribution in [2.45, 2.75) is 0 Å². The lowest BCUT2D eigenvalue weighted by Gasteiger charge is -2.15. The number of nitrogens with one attached hydrogen (secondary N) is 2. The smallest absolute Gasteiger partial charge is 0.265 e. The fraction of sp³-hybridized carbons (Fsp3) is 0.111. The topological polar surface area (TPSA) is 127 Å². The molecule has 46 heavy (non-hydrogen) atoms. The number of amides is 2. The molecule has 0 aliphatic carbocycles. The summed E-state index contributed by atoms with van der Waals surface area (Å²) in [6.45, 7) is 0. The summed E-state index contributed by atoms with van der Waals surface area (Å²) in [5, 5.41) is 0. The standard InChI is InChI=1S/C36H36N8O2/c1-41(2)27-13-17-29(18-14-27)43-31(23-5-9-25(10-6-23)35(45)39-37)21-34-33(43)22-32(24-7-11-26(12-8-24)36(46)40-38)44(34)30-19-15-28(16-20-30)42(3)4/h5-22H,37-38H2,1-4H3,(H,39,45)(H,40,46). The van der Waals surface area contributed by atoms with Gasteiger partial charge in [0.2, 0.25) is 0 Å². The lowest BCUT2D eigenvalue weighted by molar-refractivity contribution is 0.0945. The van der Waals surface area contributed by atoms with Crippen molar-refractivity contribution >= 4 is 34.2 Å². The van der Waals surface area contributed by atoms with Crippen LogP contribution >= 0.6 is 0 Å². The van der Waals surface area contributed by atoms with Crippen LogP contribution in [-0.4, -0.2) is 49.1 Å². The number of carbonyl (C=O) groups excluding carboxylic acids is 2. The average Bonchev–Trinajstić information content (AvgIpc) is 3.64. The molecular formula is C36H36N8O2. The summed E-state index contributed by atoms with van der Waals surface area (Å²) in [5.74, 6) is 10.1. The molecule has 0 bridgehead atoms. The Hall–Kier alpha value is -5.84. The summed E-state index contributed by atoms with van der Waals surface area (Å²) >= 11 is 0. The van der Waals surface area contributed by atoms with E-state index in [9.17, 15) is 9.59 Å². The molecule has 4 aromatic carbocycles. The number of nitrogens with two attached hydrogens (primary N) is 2. The van der Waals surface area contributed by atoms with E-state index in [-0.39, 0.29) is 11.8 Å². The van der Waals surface area contributed by atoms with Crippen molar-refractivity contribution in [3.05, 3.63) is 120 Å². The zero-order valence-corrected chi connectivity index (χ0v) is 26.2. The van der Waals surface area contributed by atoms with E-state index < -0.39 is 0 Å². The van der Waals surface area contributed by atoms with Crippen molar-refractivity contribution in [1.82, 2.24) is 20.0 Å². The lowest BCUT2D eigenvalue weighted by atomic mass is 10.1. The quantitative estimate of drug-likeness (QED) is 0.108. The maximum absolute atomic E-state index is 12.2. The Labute approximate surface area is 267 Å². The molecule has 0 atom stereocenters. The van der Waals surface area contributed by atoms with Crippen LogP contribution in [0.2, 0.25) is 0 Å². The summed E-state index contributed by atoms with van der Waals surface area (Å²) in [6.07, 6.45) is 0.